The van der Waals surface area contributed by atoms with E-state index in [1.165, 1.54) is 6.92 Å². The molecule has 0 aliphatic rings. The summed E-state index contributed by atoms with van der Waals surface area (Å²) in [4.78, 5) is 23.6. The van der Waals surface area contributed by atoms with Gasteiger partial charge in [0.2, 0.25) is 0 Å². The van der Waals surface area contributed by atoms with Gasteiger partial charge in [-0.15, -0.1) is 5.92 Å². The van der Waals surface area contributed by atoms with Gasteiger partial charge in [-0.25, -0.2) is 4.79 Å². The van der Waals surface area contributed by atoms with Crippen LogP contribution in [0.2, 0.25) is 0 Å². The van der Waals surface area contributed by atoms with E-state index in [1.807, 2.05) is 0 Å². The average molecular weight is 1130 g/mol. The largest absolute Gasteiger partial charge is 0.485 e. The molecule has 448 valence electrons. The minimum Gasteiger partial charge on any atom is -0.485 e. The molecule has 0 heterocycles. The molecule has 2 N–H and O–H groups in total. The molecule has 0 aliphatic carbocycles. The maximum Gasteiger partial charge on any atom is 0.341 e. The molecule has 0 saturated heterocycles. The second-order valence-electron chi connectivity index (χ2n) is 16.6. The van der Waals surface area contributed by atoms with Crippen molar-refractivity contribution in [1.29, 1.82) is 0 Å². The summed E-state index contributed by atoms with van der Waals surface area (Å²) in [6.45, 7) is 12.4. The molecule has 0 aliphatic heterocycles. The number of carboxylic acids is 1. The molecule has 0 saturated carbocycles. The highest BCUT2D eigenvalue weighted by molar-refractivity contribution is 5.77. The number of hydrogen-bond acceptors (Lipinski definition) is 22. The molecule has 0 spiro atoms. The van der Waals surface area contributed by atoms with Crippen molar-refractivity contribution in [1.82, 2.24) is 0 Å². The number of ether oxygens (including phenoxy) is 19. The van der Waals surface area contributed by atoms with E-state index in [9.17, 15) is 14.7 Å². The van der Waals surface area contributed by atoms with Crippen LogP contribution < -0.4 is 18.9 Å². The van der Waals surface area contributed by atoms with Crippen LogP contribution in [0.25, 0.3) is 0 Å². The van der Waals surface area contributed by atoms with Crippen molar-refractivity contribution in [3.8, 4) is 46.7 Å². The van der Waals surface area contributed by atoms with Crippen molar-refractivity contribution in [3.63, 3.8) is 0 Å². The highest BCUT2D eigenvalue weighted by Crippen LogP contribution is 2.32. The van der Waals surface area contributed by atoms with Crippen LogP contribution in [0.1, 0.15) is 36.1 Å². The molecule has 0 amide bonds. The summed E-state index contributed by atoms with van der Waals surface area (Å²) in [5.41, 5.74) is 1.63. The first-order chi connectivity index (χ1) is 38.6. The molecule has 2 rings (SSSR count). The third kappa shape index (κ3) is 37.0. The maximum absolute atomic E-state index is 12.1. The van der Waals surface area contributed by atoms with Crippen molar-refractivity contribution >= 4 is 11.8 Å². The number of methoxy groups -OCH3 is 3. The quantitative estimate of drug-likeness (QED) is 0.0714. The SMILES string of the molecule is CC#Cc1cc(OC(COCCOCCOCCO)COCCOCCOCCOC)c(C#Cc2cc(OCC(=O)O)c(C)cc2OCC(C)=O)cc1OC(COCCOCCOCCOC)COCCOCCOCCOC. The summed E-state index contributed by atoms with van der Waals surface area (Å²) in [5, 5.41) is 18.4. The topological polar surface area (TPSA) is 250 Å². The maximum atomic E-state index is 12.1. The van der Waals surface area contributed by atoms with E-state index in [-0.39, 0.29) is 102 Å². The predicted octanol–water partition coefficient (Wildman–Crippen LogP) is 2.82. The lowest BCUT2D eigenvalue weighted by atomic mass is 10.1. The van der Waals surface area contributed by atoms with E-state index in [0.29, 0.717) is 140 Å². The molecule has 79 heavy (non-hydrogen) atoms. The number of aliphatic hydroxyl groups excluding tert-OH is 1. The number of ketones is 1. The number of aliphatic hydroxyl groups is 1. The zero-order valence-corrected chi connectivity index (χ0v) is 47.1. The second kappa shape index (κ2) is 49.1. The number of aryl methyl sites for hydroxylation is 1. The highest BCUT2D eigenvalue weighted by Gasteiger charge is 2.21. The lowest BCUT2D eigenvalue weighted by Gasteiger charge is -2.23. The Morgan fingerprint density at radius 2 is 0.747 bits per heavy atom. The van der Waals surface area contributed by atoms with Crippen molar-refractivity contribution in [3.05, 3.63) is 46.5 Å². The summed E-state index contributed by atoms with van der Waals surface area (Å²) in [6.07, 6.45) is -1.38. The van der Waals surface area contributed by atoms with E-state index in [0.717, 1.165) is 0 Å². The Morgan fingerprint density at radius 1 is 0.430 bits per heavy atom. The lowest BCUT2D eigenvalue weighted by Crippen LogP contribution is -2.31. The fraction of sp³-hybridized carbons (Fsp3) is 0.679. The normalized spacial score (nSPS) is 11.5. The summed E-state index contributed by atoms with van der Waals surface area (Å²) in [7, 11) is 4.83. The molecule has 0 bridgehead atoms. The Hall–Kier alpha value is -4.74. The van der Waals surface area contributed by atoms with Gasteiger partial charge >= 0.3 is 5.97 Å². The van der Waals surface area contributed by atoms with Gasteiger partial charge in [0, 0.05) is 33.5 Å². The van der Waals surface area contributed by atoms with Crippen LogP contribution in [0, 0.1) is 30.6 Å². The fourth-order valence-corrected chi connectivity index (χ4v) is 6.27. The number of Topliss-reactive ketones (excluding diaryl/α,β-unsaturated/α-hetero) is 1. The minimum atomic E-state index is -1.17. The van der Waals surface area contributed by atoms with Crippen LogP contribution >= 0.6 is 0 Å². The van der Waals surface area contributed by atoms with Gasteiger partial charge in [0.15, 0.2) is 12.4 Å². The average Bonchev–Trinajstić information content (AvgIpc) is 3.44. The van der Waals surface area contributed by atoms with Gasteiger partial charge in [-0.3, -0.25) is 4.79 Å². The van der Waals surface area contributed by atoms with Crippen LogP contribution in [0.5, 0.6) is 23.0 Å². The summed E-state index contributed by atoms with van der Waals surface area (Å²) < 4.78 is 109. The predicted molar refractivity (Wildman–Crippen MR) is 287 cm³/mol. The monoisotopic (exact) mass is 1130 g/mol. The number of rotatable bonds is 53. The van der Waals surface area contributed by atoms with Crippen molar-refractivity contribution in [2.24, 2.45) is 0 Å². The molecule has 2 aromatic carbocycles. The van der Waals surface area contributed by atoms with Gasteiger partial charge in [0.25, 0.3) is 0 Å². The molecular formula is C56H86O23. The van der Waals surface area contributed by atoms with Crippen molar-refractivity contribution < 1.29 is 110 Å². The zero-order chi connectivity index (χ0) is 57.2. The molecular weight excluding hydrogens is 1040 g/mol. The molecule has 0 radical (unpaired) electrons. The van der Waals surface area contributed by atoms with Gasteiger partial charge in [0.05, 0.1) is 202 Å². The van der Waals surface area contributed by atoms with E-state index < -0.39 is 24.8 Å². The zero-order valence-electron chi connectivity index (χ0n) is 47.1. The summed E-state index contributed by atoms with van der Waals surface area (Å²) in [6, 6.07) is 6.57. The Bertz CT molecular complexity index is 1970. The fourth-order valence-electron chi connectivity index (χ4n) is 6.27. The molecule has 1 unspecified atom stereocenters. The third-order valence-electron chi connectivity index (χ3n) is 10.0. The van der Waals surface area contributed by atoms with Crippen LogP contribution in [0.15, 0.2) is 24.3 Å². The summed E-state index contributed by atoms with van der Waals surface area (Å²) >= 11 is 0. The molecule has 23 heteroatoms. The molecule has 0 fully saturated rings. The van der Waals surface area contributed by atoms with Gasteiger partial charge < -0.3 is 100 Å². The summed E-state index contributed by atoms with van der Waals surface area (Å²) in [5.74, 6) is 12.2. The van der Waals surface area contributed by atoms with Crippen LogP contribution in [0.4, 0.5) is 0 Å². The van der Waals surface area contributed by atoms with E-state index in [1.54, 1.807) is 59.4 Å². The third-order valence-corrected chi connectivity index (χ3v) is 10.0. The molecule has 1 atom stereocenters. The first kappa shape index (κ1) is 70.4. The smallest absolute Gasteiger partial charge is 0.341 e. The number of hydrogen-bond donors (Lipinski definition) is 2. The van der Waals surface area contributed by atoms with Crippen molar-refractivity contribution in [2.75, 3.05) is 220 Å². The second-order valence-corrected chi connectivity index (χ2v) is 16.6. The Morgan fingerprint density at radius 3 is 1.09 bits per heavy atom. The van der Waals surface area contributed by atoms with Crippen LogP contribution in [-0.2, 0) is 80.6 Å². The minimum absolute atomic E-state index is 0.0651. The highest BCUT2D eigenvalue weighted by atomic mass is 16.6. The van der Waals surface area contributed by atoms with Crippen molar-refractivity contribution in [2.45, 2.75) is 33.0 Å². The standard InChI is InChI=1S/C56H86O23/c1-7-8-47-37-55(79-51(42-74-31-27-68-20-19-64-12-11-57)43-75-34-30-71-26-23-67-18-15-63-6)49(10-9-48-36-52(77-44-56(59)60)45(2)35-53(48)76-39-46(3)58)38-54(47)78-50(40-72-32-28-69-24-21-65-16-13-61-4)41-73-33-29-70-25-22-66-17-14-62-5/h35-38,50-51,57H,11-34,39-44H2,1-6H3,(H,59,60). The first-order valence-corrected chi connectivity index (χ1v) is 26.2. The molecule has 2 aromatic rings. The molecule has 23 nitrogen and oxygen atoms in total. The Kier molecular flexibility index (Phi) is 43.7. The van der Waals surface area contributed by atoms with Gasteiger partial charge in [0.1, 0.15) is 41.8 Å². The number of benzene rings is 2. The lowest BCUT2D eigenvalue weighted by molar-refractivity contribution is -0.139. The van der Waals surface area contributed by atoms with Crippen LogP contribution in [-0.4, -0.2) is 254 Å². The van der Waals surface area contributed by atoms with Crippen LogP contribution in [0.3, 0.4) is 0 Å². The van der Waals surface area contributed by atoms with E-state index >= 15 is 0 Å². The van der Waals surface area contributed by atoms with E-state index in [4.69, 9.17) is 95.1 Å². The van der Waals surface area contributed by atoms with Gasteiger partial charge in [-0.1, -0.05) is 17.8 Å². The number of aliphatic carboxylic acids is 1. The Balaban J connectivity index is 2.60. The Labute approximate surface area is 466 Å². The van der Waals surface area contributed by atoms with Gasteiger partial charge in [-0.2, -0.15) is 0 Å². The number of carbonyl (C=O) groups is 2. The van der Waals surface area contributed by atoms with Gasteiger partial charge in [-0.05, 0) is 38.5 Å². The number of carboxylic acid groups (broad SMARTS) is 1. The first-order valence-electron chi connectivity index (χ1n) is 26.2. The van der Waals surface area contributed by atoms with E-state index in [2.05, 4.69) is 23.7 Å². The molecule has 0 aromatic heterocycles. The number of carbonyl (C=O) groups excluding carboxylic acids is 1.